The molecule has 3 unspecified atom stereocenters. The summed E-state index contributed by atoms with van der Waals surface area (Å²) >= 11 is 0. The third kappa shape index (κ3) is 3.81. The van der Waals surface area contributed by atoms with Crippen molar-refractivity contribution in [2.45, 2.75) is 72.9 Å². The number of hydrogen-bond acceptors (Lipinski definition) is 4. The zero-order valence-corrected chi connectivity index (χ0v) is 16.0. The van der Waals surface area contributed by atoms with Crippen LogP contribution in [0.1, 0.15) is 63.5 Å². The fraction of sp³-hybridized carbons (Fsp3) is 0.842. The van der Waals surface area contributed by atoms with Gasteiger partial charge < -0.3 is 20.1 Å². The van der Waals surface area contributed by atoms with Crippen molar-refractivity contribution >= 4 is 18.0 Å². The average molecular weight is 375 g/mol. The molecule has 26 heavy (non-hydrogen) atoms. The Balaban J connectivity index is 2.38. The van der Waals surface area contributed by atoms with E-state index in [1.165, 1.54) is 0 Å². The monoisotopic (exact) mass is 374 g/mol. The molecule has 1 saturated heterocycles. The van der Waals surface area contributed by atoms with Gasteiger partial charge in [0.2, 0.25) is 5.91 Å². The quantitative estimate of drug-likeness (QED) is 0.791. The topological polar surface area (TPSA) is 95.9 Å². The van der Waals surface area contributed by atoms with Crippen LogP contribution in [0.25, 0.3) is 0 Å². The highest BCUT2D eigenvalue weighted by atomic mass is 16.6. The molecule has 7 nitrogen and oxygen atoms in total. The molecule has 1 heterocycles. The lowest BCUT2D eigenvalue weighted by Gasteiger charge is -2.37. The van der Waals surface area contributed by atoms with E-state index >= 15 is 0 Å². The van der Waals surface area contributed by atoms with E-state index in [2.05, 4.69) is 5.32 Å². The van der Waals surface area contributed by atoms with Gasteiger partial charge >= 0.3 is 12.1 Å². The van der Waals surface area contributed by atoms with Crippen molar-refractivity contribution in [1.29, 1.82) is 0 Å². The lowest BCUT2D eigenvalue weighted by Crippen LogP contribution is -2.58. The van der Waals surface area contributed by atoms with E-state index in [9.17, 15) is 19.5 Å². The number of amides is 2. The van der Waals surface area contributed by atoms with E-state index in [1.807, 2.05) is 0 Å². The molecule has 1 saturated carbocycles. The second kappa shape index (κ2) is 6.13. The van der Waals surface area contributed by atoms with Gasteiger partial charge in [0.25, 0.3) is 0 Å². The van der Waals surface area contributed by atoms with E-state index in [0.717, 1.165) is 4.90 Å². The molecule has 2 amide bonds. The first-order valence-corrected chi connectivity index (χ1v) is 8.60. The van der Waals surface area contributed by atoms with Gasteiger partial charge in [0.15, 0.2) is 0 Å². The number of alkyl carbamates (subject to hydrolysis) is 1. The molecule has 2 aliphatic rings. The number of nitrogens with zero attached hydrogens (tertiary/aromatic N) is 1. The van der Waals surface area contributed by atoms with Crippen molar-refractivity contribution in [3.8, 4) is 0 Å². The van der Waals surface area contributed by atoms with Gasteiger partial charge in [-0.05, 0) is 37.5 Å². The molecule has 2 N–H and O–H groups in total. The molecule has 2 fully saturated rings. The van der Waals surface area contributed by atoms with Crippen LogP contribution in [-0.2, 0) is 14.3 Å². The Hall–Kier alpha value is -1.79. The zero-order chi connectivity index (χ0) is 25.2. The zero-order valence-electron chi connectivity index (χ0n) is 22.0. The van der Waals surface area contributed by atoms with E-state index in [1.54, 1.807) is 41.5 Å². The minimum absolute atomic E-state index is 0.334. The second-order valence-corrected chi connectivity index (χ2v) is 9.22. The summed E-state index contributed by atoms with van der Waals surface area (Å²) in [6, 6.07) is -2.80. The molecule has 0 bridgehead atoms. The molecule has 2 rings (SSSR count). The lowest BCUT2D eigenvalue weighted by atomic mass is 9.85. The van der Waals surface area contributed by atoms with E-state index < -0.39 is 72.0 Å². The van der Waals surface area contributed by atoms with Gasteiger partial charge in [-0.25, -0.2) is 9.59 Å². The lowest BCUT2D eigenvalue weighted by molar-refractivity contribution is -0.152. The Morgan fingerprint density at radius 3 is 2.23 bits per heavy atom. The fourth-order valence-electron chi connectivity index (χ4n) is 3.49. The van der Waals surface area contributed by atoms with Crippen LogP contribution in [0.2, 0.25) is 0 Å². The average Bonchev–Trinajstić information content (AvgIpc) is 3.03. The molecule has 0 radical (unpaired) electrons. The van der Waals surface area contributed by atoms with Gasteiger partial charge in [0.1, 0.15) is 17.7 Å². The second-order valence-electron chi connectivity index (χ2n) is 9.22. The number of carboxylic acids is 1. The molecular formula is C19H32N2O5. The SMILES string of the molecule is [2H]C([2H])([2H])C1(C([2H])([2H])[2H])C2CN(C(=O)[C@@H](NC(=O)OC(C)(C)C)C(C)(C)C)C(C(=O)O)C21. The number of fused-ring (bicyclic) bond motifs is 1. The number of ether oxygens (including phenoxy) is 1. The number of aliphatic carboxylic acids is 1. The summed E-state index contributed by atoms with van der Waals surface area (Å²) in [5, 5.41) is 12.3. The summed E-state index contributed by atoms with van der Waals surface area (Å²) < 4.78 is 52.1. The Morgan fingerprint density at radius 2 is 1.81 bits per heavy atom. The standard InChI is InChI=1S/C19H32N2O5/c1-17(2,3)13(20-16(25)26-18(4,5)6)14(22)21-9-10-11(19(10,7)8)12(21)15(23)24/h10-13H,9H2,1-8H3,(H,20,25)(H,23,24)/t10?,11?,12?,13-/m1/s1/i7D3,8D3. The molecule has 0 aromatic rings. The first-order chi connectivity index (χ1) is 14.1. The van der Waals surface area contributed by atoms with Crippen LogP contribution >= 0.6 is 0 Å². The van der Waals surface area contributed by atoms with Gasteiger partial charge in [0.05, 0.1) is 0 Å². The summed E-state index contributed by atoms with van der Waals surface area (Å²) in [5.41, 5.74) is -3.85. The van der Waals surface area contributed by atoms with Gasteiger partial charge in [0, 0.05) is 20.7 Å². The van der Waals surface area contributed by atoms with Crippen LogP contribution in [-0.4, -0.2) is 52.2 Å². The smallest absolute Gasteiger partial charge is 0.408 e. The maximum atomic E-state index is 13.4. The van der Waals surface area contributed by atoms with Crippen LogP contribution in [0.4, 0.5) is 4.79 Å². The maximum absolute atomic E-state index is 13.4. The highest BCUT2D eigenvalue weighted by Crippen LogP contribution is 2.65. The summed E-state index contributed by atoms with van der Waals surface area (Å²) in [6.45, 7) is 3.80. The predicted octanol–water partition coefficient (Wildman–Crippen LogP) is 2.49. The molecule has 148 valence electrons. The van der Waals surface area contributed by atoms with E-state index in [4.69, 9.17) is 13.0 Å². The number of carbonyl (C=O) groups excluding carboxylic acids is 2. The number of nitrogens with one attached hydrogen (secondary N) is 1. The minimum atomic E-state index is -2.92. The highest BCUT2D eigenvalue weighted by Gasteiger charge is 2.70. The first kappa shape index (κ1) is 13.4. The molecule has 0 aromatic heterocycles. The maximum Gasteiger partial charge on any atom is 0.408 e. The van der Waals surface area contributed by atoms with Gasteiger partial charge in [-0.15, -0.1) is 0 Å². The fourth-order valence-corrected chi connectivity index (χ4v) is 3.49. The third-order valence-electron chi connectivity index (χ3n) is 4.81. The van der Waals surface area contributed by atoms with Crippen LogP contribution in [0.5, 0.6) is 0 Å². The number of carboxylic acid groups (broad SMARTS) is 1. The molecular weight excluding hydrogens is 336 g/mol. The van der Waals surface area contributed by atoms with Gasteiger partial charge in [-0.3, -0.25) is 4.79 Å². The Morgan fingerprint density at radius 1 is 1.23 bits per heavy atom. The Bertz CT molecular complexity index is 782. The molecule has 4 atom stereocenters. The van der Waals surface area contributed by atoms with Crippen LogP contribution in [0.3, 0.4) is 0 Å². The summed E-state index contributed by atoms with van der Waals surface area (Å²) in [7, 11) is 0. The molecule has 1 aliphatic carbocycles. The molecule has 1 aliphatic heterocycles. The highest BCUT2D eigenvalue weighted by molar-refractivity contribution is 5.91. The Labute approximate surface area is 163 Å². The summed E-state index contributed by atoms with van der Waals surface area (Å²) in [5.74, 6) is -4.47. The van der Waals surface area contributed by atoms with Crippen molar-refractivity contribution in [3.05, 3.63) is 0 Å². The van der Waals surface area contributed by atoms with Gasteiger partial charge in [-0.2, -0.15) is 0 Å². The number of carbonyl (C=O) groups is 3. The van der Waals surface area contributed by atoms with Crippen molar-refractivity contribution in [1.82, 2.24) is 10.2 Å². The van der Waals surface area contributed by atoms with Crippen molar-refractivity contribution in [3.63, 3.8) is 0 Å². The minimum Gasteiger partial charge on any atom is -0.480 e. The van der Waals surface area contributed by atoms with Crippen LogP contribution in [0, 0.1) is 22.7 Å². The van der Waals surface area contributed by atoms with Crippen molar-refractivity contribution < 1.29 is 32.5 Å². The molecule has 7 heteroatoms. The van der Waals surface area contributed by atoms with Crippen molar-refractivity contribution in [2.24, 2.45) is 22.7 Å². The predicted molar refractivity (Wildman–Crippen MR) is 96.5 cm³/mol. The number of rotatable bonds is 3. The molecule has 0 aromatic carbocycles. The van der Waals surface area contributed by atoms with Crippen LogP contribution < -0.4 is 5.32 Å². The normalized spacial score (nSPS) is 32.5. The summed E-state index contributed by atoms with van der Waals surface area (Å²) in [6.07, 6.45) is -0.860. The number of likely N-dealkylation sites (tertiary alicyclic amines) is 1. The van der Waals surface area contributed by atoms with Crippen LogP contribution in [0.15, 0.2) is 0 Å². The summed E-state index contributed by atoms with van der Waals surface area (Å²) in [4.78, 5) is 38.8. The van der Waals surface area contributed by atoms with E-state index in [-0.39, 0.29) is 6.54 Å². The number of piperidine rings is 1. The Kier molecular flexibility index (Phi) is 3.16. The first-order valence-electron chi connectivity index (χ1n) is 11.6. The largest absolute Gasteiger partial charge is 0.480 e. The van der Waals surface area contributed by atoms with Crippen molar-refractivity contribution in [2.75, 3.05) is 6.54 Å². The van der Waals surface area contributed by atoms with Gasteiger partial charge in [-0.1, -0.05) is 34.5 Å². The molecule has 0 spiro atoms. The third-order valence-corrected chi connectivity index (χ3v) is 4.81. The number of hydrogen-bond donors (Lipinski definition) is 2. The van der Waals surface area contributed by atoms with E-state index in [0.29, 0.717) is 0 Å².